The van der Waals surface area contributed by atoms with Crippen molar-refractivity contribution in [2.24, 2.45) is 5.92 Å². The Bertz CT molecular complexity index is 1270. The van der Waals surface area contributed by atoms with E-state index in [1.165, 1.54) is 42.3 Å². The molecule has 0 aromatic heterocycles. The number of methoxy groups -OCH3 is 1. The van der Waals surface area contributed by atoms with Gasteiger partial charge in [-0.25, -0.2) is 13.2 Å². The fraction of sp³-hybridized carbons (Fsp3) is 0.481. The maximum absolute atomic E-state index is 13.6. The molecule has 2 aromatic carbocycles. The molecule has 11 nitrogen and oxygen atoms in total. The lowest BCUT2D eigenvalue weighted by atomic mass is 9.99. The van der Waals surface area contributed by atoms with Crippen molar-refractivity contribution in [3.8, 4) is 11.5 Å². The predicted octanol–water partition coefficient (Wildman–Crippen LogP) is 2.77. The van der Waals surface area contributed by atoms with E-state index in [4.69, 9.17) is 9.47 Å². The van der Waals surface area contributed by atoms with Crippen molar-refractivity contribution < 1.29 is 32.6 Å². The van der Waals surface area contributed by atoms with Crippen LogP contribution in [-0.2, 0) is 10.0 Å². The summed E-state index contributed by atoms with van der Waals surface area (Å²) in [6.45, 7) is 7.54. The lowest BCUT2D eigenvalue weighted by Gasteiger charge is -2.38. The quantitative estimate of drug-likeness (QED) is 0.427. The molecule has 2 aromatic rings. The van der Waals surface area contributed by atoms with Crippen molar-refractivity contribution in [3.63, 3.8) is 0 Å². The summed E-state index contributed by atoms with van der Waals surface area (Å²) in [5.74, 6) is -0.0953. The van der Waals surface area contributed by atoms with Gasteiger partial charge in [-0.3, -0.25) is 9.52 Å². The van der Waals surface area contributed by atoms with Crippen molar-refractivity contribution in [3.05, 3.63) is 48.0 Å². The molecule has 39 heavy (non-hydrogen) atoms. The monoisotopic (exact) mass is 562 g/mol. The minimum absolute atomic E-state index is 0.00334. The lowest BCUT2D eigenvalue weighted by molar-refractivity contribution is 0.0369. The second-order valence-corrected chi connectivity index (χ2v) is 11.8. The Morgan fingerprint density at radius 2 is 1.87 bits per heavy atom. The molecular formula is C27H38N4O7S. The summed E-state index contributed by atoms with van der Waals surface area (Å²) < 4.78 is 40.6. The summed E-state index contributed by atoms with van der Waals surface area (Å²) >= 11 is 0. The molecule has 3 amide bonds. The molecule has 0 radical (unpaired) electrons. The number of amides is 3. The largest absolute Gasteiger partial charge is 0.497 e. The second-order valence-electron chi connectivity index (χ2n) is 10.1. The number of sulfonamides is 1. The molecule has 0 spiro atoms. The fourth-order valence-electron chi connectivity index (χ4n) is 4.21. The SMILES string of the molecule is COc1ccc(S(=O)(=O)Nc2cccc3c2O[C@@H](CN(C)C(=O)NC(C)C)[C@@H](C)CN([C@H](C)CO)C3=O)cc1. The van der Waals surface area contributed by atoms with Crippen LogP contribution < -0.4 is 19.5 Å². The van der Waals surface area contributed by atoms with E-state index in [0.717, 1.165) is 0 Å². The van der Waals surface area contributed by atoms with E-state index in [9.17, 15) is 23.1 Å². The maximum atomic E-state index is 13.6. The summed E-state index contributed by atoms with van der Waals surface area (Å²) in [6, 6.07) is 9.71. The molecule has 12 heteroatoms. The number of likely N-dealkylation sites (N-methyl/N-ethyl adjacent to an activating group) is 1. The number of carbonyl (C=O) groups excluding carboxylic acids is 2. The number of aliphatic hydroxyl groups is 1. The number of carbonyl (C=O) groups is 2. The Hall–Kier alpha value is -3.51. The molecule has 0 fully saturated rings. The first-order chi connectivity index (χ1) is 18.4. The van der Waals surface area contributed by atoms with Crippen molar-refractivity contribution in [1.82, 2.24) is 15.1 Å². The zero-order chi connectivity index (χ0) is 28.9. The van der Waals surface area contributed by atoms with Gasteiger partial charge in [-0.1, -0.05) is 13.0 Å². The molecule has 3 atom stereocenters. The molecular weight excluding hydrogens is 524 g/mol. The van der Waals surface area contributed by atoms with Gasteiger partial charge in [0.05, 0.1) is 42.4 Å². The van der Waals surface area contributed by atoms with Gasteiger partial charge in [0.15, 0.2) is 5.75 Å². The number of fused-ring (bicyclic) bond motifs is 1. The van der Waals surface area contributed by atoms with Crippen LogP contribution >= 0.6 is 0 Å². The van der Waals surface area contributed by atoms with Gasteiger partial charge in [-0.05, 0) is 57.2 Å². The van der Waals surface area contributed by atoms with E-state index >= 15 is 0 Å². The highest BCUT2D eigenvalue weighted by Crippen LogP contribution is 2.36. The number of rotatable bonds is 9. The van der Waals surface area contributed by atoms with Crippen LogP contribution in [0.15, 0.2) is 47.4 Å². The molecule has 0 aliphatic carbocycles. The number of nitrogens with zero attached hydrogens (tertiary/aromatic N) is 2. The number of urea groups is 1. The van der Waals surface area contributed by atoms with Gasteiger partial charge in [0.25, 0.3) is 15.9 Å². The first kappa shape index (κ1) is 30.0. The Kier molecular flexibility index (Phi) is 9.68. The number of hydrogen-bond donors (Lipinski definition) is 3. The summed E-state index contributed by atoms with van der Waals surface area (Å²) in [6.07, 6.45) is -0.597. The number of anilines is 1. The third kappa shape index (κ3) is 7.12. The summed E-state index contributed by atoms with van der Waals surface area (Å²) in [5.41, 5.74) is 0.234. The summed E-state index contributed by atoms with van der Waals surface area (Å²) in [4.78, 5) is 29.3. The predicted molar refractivity (Wildman–Crippen MR) is 148 cm³/mol. The van der Waals surface area contributed by atoms with Gasteiger partial charge in [-0.15, -0.1) is 0 Å². The van der Waals surface area contributed by atoms with Gasteiger partial charge in [0.2, 0.25) is 0 Å². The van der Waals surface area contributed by atoms with Crippen molar-refractivity contribution in [2.45, 2.75) is 50.8 Å². The van der Waals surface area contributed by atoms with Crippen molar-refractivity contribution in [1.29, 1.82) is 0 Å². The number of ether oxygens (including phenoxy) is 2. The summed E-state index contributed by atoms with van der Waals surface area (Å²) in [5, 5.41) is 12.7. The normalized spacial score (nSPS) is 18.4. The molecule has 214 valence electrons. The molecule has 3 N–H and O–H groups in total. The van der Waals surface area contributed by atoms with Gasteiger partial charge in [0, 0.05) is 25.6 Å². The number of aliphatic hydroxyl groups excluding tert-OH is 1. The Morgan fingerprint density at radius 1 is 1.21 bits per heavy atom. The van der Waals surface area contributed by atoms with Crippen molar-refractivity contribution in [2.75, 3.05) is 38.6 Å². The van der Waals surface area contributed by atoms with E-state index in [1.807, 2.05) is 20.8 Å². The Balaban J connectivity index is 2.04. The molecule has 0 saturated heterocycles. The van der Waals surface area contributed by atoms with Crippen LogP contribution in [-0.4, -0.2) is 87.3 Å². The van der Waals surface area contributed by atoms with Crippen LogP contribution in [0, 0.1) is 5.92 Å². The van der Waals surface area contributed by atoms with E-state index < -0.39 is 28.1 Å². The smallest absolute Gasteiger partial charge is 0.317 e. The molecule has 3 rings (SSSR count). The highest BCUT2D eigenvalue weighted by atomic mass is 32.2. The zero-order valence-corrected chi connectivity index (χ0v) is 24.0. The molecule has 1 aliphatic heterocycles. The van der Waals surface area contributed by atoms with Crippen LogP contribution in [0.4, 0.5) is 10.5 Å². The van der Waals surface area contributed by atoms with Crippen LogP contribution in [0.3, 0.4) is 0 Å². The van der Waals surface area contributed by atoms with Crippen molar-refractivity contribution >= 4 is 27.6 Å². The maximum Gasteiger partial charge on any atom is 0.317 e. The van der Waals surface area contributed by atoms with Crippen LogP contribution in [0.1, 0.15) is 38.1 Å². The average Bonchev–Trinajstić information content (AvgIpc) is 2.89. The number of para-hydroxylation sites is 1. The minimum atomic E-state index is -4.05. The topological polar surface area (TPSA) is 138 Å². The zero-order valence-electron chi connectivity index (χ0n) is 23.2. The highest BCUT2D eigenvalue weighted by Gasteiger charge is 2.35. The van der Waals surface area contributed by atoms with E-state index in [2.05, 4.69) is 10.0 Å². The van der Waals surface area contributed by atoms with Crippen LogP contribution in [0.5, 0.6) is 11.5 Å². The number of nitrogens with one attached hydrogen (secondary N) is 2. The van der Waals surface area contributed by atoms with Gasteiger partial charge >= 0.3 is 6.03 Å². The van der Waals surface area contributed by atoms with Gasteiger partial charge < -0.3 is 29.7 Å². The Morgan fingerprint density at radius 3 is 2.46 bits per heavy atom. The lowest BCUT2D eigenvalue weighted by Crippen LogP contribution is -2.51. The molecule has 0 saturated carbocycles. The second kappa shape index (κ2) is 12.6. The van der Waals surface area contributed by atoms with E-state index in [-0.39, 0.29) is 59.6 Å². The Labute approximate surface area is 230 Å². The number of hydrogen-bond acceptors (Lipinski definition) is 7. The van der Waals surface area contributed by atoms with Gasteiger partial charge in [-0.2, -0.15) is 0 Å². The van der Waals surface area contributed by atoms with Crippen LogP contribution in [0.2, 0.25) is 0 Å². The fourth-order valence-corrected chi connectivity index (χ4v) is 5.27. The molecule has 1 heterocycles. The van der Waals surface area contributed by atoms with E-state index in [0.29, 0.717) is 5.75 Å². The molecule has 1 aliphatic rings. The third-order valence-electron chi connectivity index (χ3n) is 6.52. The van der Waals surface area contributed by atoms with Gasteiger partial charge in [0.1, 0.15) is 11.9 Å². The minimum Gasteiger partial charge on any atom is -0.497 e. The number of benzene rings is 2. The first-order valence-corrected chi connectivity index (χ1v) is 14.3. The average molecular weight is 563 g/mol. The van der Waals surface area contributed by atoms with E-state index in [1.54, 1.807) is 31.0 Å². The third-order valence-corrected chi connectivity index (χ3v) is 7.90. The molecule has 0 bridgehead atoms. The molecule has 0 unspecified atom stereocenters. The first-order valence-electron chi connectivity index (χ1n) is 12.8. The highest BCUT2D eigenvalue weighted by molar-refractivity contribution is 7.92. The van der Waals surface area contributed by atoms with Crippen LogP contribution in [0.25, 0.3) is 0 Å². The summed E-state index contributed by atoms with van der Waals surface area (Å²) in [7, 11) is -0.921. The standard InChI is InChI=1S/C27H38N4O7S/c1-17(2)28-27(34)30(5)15-24-18(3)14-31(19(4)16-32)26(33)22-8-7-9-23(25(22)38-24)29-39(35,36)21-12-10-20(37-6)11-13-21/h7-13,17-19,24,29,32H,14-16H2,1-6H3,(H,28,34)/t18-,19+,24-/m0/s1.